The largest absolute Gasteiger partial charge is 0.468 e. The van der Waals surface area contributed by atoms with Gasteiger partial charge in [0.25, 0.3) is 0 Å². The maximum absolute atomic E-state index is 12.2. The number of halogens is 1. The Bertz CT molecular complexity index is 560. The van der Waals surface area contributed by atoms with Gasteiger partial charge < -0.3 is 4.74 Å². The van der Waals surface area contributed by atoms with E-state index in [0.717, 1.165) is 12.0 Å². The minimum absolute atomic E-state index is 0.0104. The van der Waals surface area contributed by atoms with Crippen molar-refractivity contribution in [2.24, 2.45) is 11.8 Å². The van der Waals surface area contributed by atoms with Crippen molar-refractivity contribution in [1.82, 2.24) is 5.32 Å². The third-order valence-corrected chi connectivity index (χ3v) is 4.74. The summed E-state index contributed by atoms with van der Waals surface area (Å²) in [5, 5.41) is 3.87. The molecule has 0 unspecified atom stereocenters. The van der Waals surface area contributed by atoms with E-state index in [1.54, 1.807) is 6.07 Å². The molecule has 0 radical (unpaired) electrons. The van der Waals surface area contributed by atoms with Crippen LogP contribution in [0.1, 0.15) is 24.4 Å². The number of ketones is 1. The normalized spacial score (nSPS) is 32.2. The summed E-state index contributed by atoms with van der Waals surface area (Å²) in [6.07, 6.45) is 1.27. The van der Waals surface area contributed by atoms with Gasteiger partial charge in [0, 0.05) is 23.4 Å². The van der Waals surface area contributed by atoms with Gasteiger partial charge in [0.05, 0.1) is 7.11 Å². The number of fused-ring (bicyclic) bond motifs is 1. The lowest BCUT2D eigenvalue weighted by Crippen LogP contribution is -2.37. The van der Waals surface area contributed by atoms with Crippen molar-refractivity contribution in [3.8, 4) is 0 Å². The number of benzene rings is 1. The smallest absolute Gasteiger partial charge is 0.323 e. The van der Waals surface area contributed by atoms with Crippen LogP contribution in [0.3, 0.4) is 0 Å². The summed E-state index contributed by atoms with van der Waals surface area (Å²) in [6, 6.07) is 6.83. The van der Waals surface area contributed by atoms with Crippen LogP contribution < -0.4 is 5.32 Å². The predicted octanol–water partition coefficient (Wildman–Crippen LogP) is 2.12. The van der Waals surface area contributed by atoms with Crippen LogP contribution >= 0.6 is 11.6 Å². The number of carbonyl (C=O) groups is 2. The topological polar surface area (TPSA) is 55.4 Å². The quantitative estimate of drug-likeness (QED) is 0.849. The maximum Gasteiger partial charge on any atom is 0.323 e. The first-order chi connectivity index (χ1) is 9.63. The molecule has 106 valence electrons. The van der Waals surface area contributed by atoms with Gasteiger partial charge in [-0.25, -0.2) is 0 Å². The maximum atomic E-state index is 12.2. The Hall–Kier alpha value is -1.39. The Labute approximate surface area is 122 Å². The fourth-order valence-electron chi connectivity index (χ4n) is 3.50. The van der Waals surface area contributed by atoms with E-state index in [0.29, 0.717) is 11.4 Å². The number of Topliss-reactive ketones (excluding diaryl/α,β-unsaturated/α-hetero) is 1. The Morgan fingerprint density at radius 2 is 2.15 bits per heavy atom. The number of nitrogens with one attached hydrogen (secondary N) is 1. The van der Waals surface area contributed by atoms with Gasteiger partial charge >= 0.3 is 5.97 Å². The lowest BCUT2D eigenvalue weighted by atomic mass is 9.87. The first-order valence-corrected chi connectivity index (χ1v) is 7.12. The molecule has 1 aromatic rings. The van der Waals surface area contributed by atoms with Gasteiger partial charge in [0.1, 0.15) is 11.8 Å². The minimum atomic E-state index is -0.419. The lowest BCUT2D eigenvalue weighted by Gasteiger charge is -2.18. The van der Waals surface area contributed by atoms with Gasteiger partial charge in [-0.05, 0) is 24.0 Å². The van der Waals surface area contributed by atoms with Gasteiger partial charge in [0.2, 0.25) is 0 Å². The van der Waals surface area contributed by atoms with E-state index in [1.807, 2.05) is 18.2 Å². The monoisotopic (exact) mass is 293 g/mol. The second-order valence-corrected chi connectivity index (χ2v) is 5.77. The molecule has 3 rings (SSSR count). The molecule has 1 aromatic carbocycles. The Balaban J connectivity index is 1.97. The summed E-state index contributed by atoms with van der Waals surface area (Å²) >= 11 is 6.24. The van der Waals surface area contributed by atoms with Gasteiger partial charge in [-0.1, -0.05) is 29.8 Å². The van der Waals surface area contributed by atoms with E-state index in [9.17, 15) is 9.59 Å². The first-order valence-electron chi connectivity index (χ1n) is 6.74. The average molecular weight is 294 g/mol. The third-order valence-electron chi connectivity index (χ3n) is 4.40. The first kappa shape index (κ1) is 13.6. The molecule has 4 nitrogen and oxygen atoms in total. The molecule has 0 amide bonds. The predicted molar refractivity (Wildman–Crippen MR) is 74.4 cm³/mol. The van der Waals surface area contributed by atoms with E-state index >= 15 is 0 Å². The van der Waals surface area contributed by atoms with Crippen LogP contribution in [-0.4, -0.2) is 24.9 Å². The molecule has 1 N–H and O–H groups in total. The van der Waals surface area contributed by atoms with Crippen LogP contribution in [0.25, 0.3) is 0 Å². The zero-order valence-electron chi connectivity index (χ0n) is 11.1. The van der Waals surface area contributed by atoms with Gasteiger partial charge in [0.15, 0.2) is 0 Å². The third kappa shape index (κ3) is 2.03. The second-order valence-electron chi connectivity index (χ2n) is 5.36. The zero-order chi connectivity index (χ0) is 14.3. The van der Waals surface area contributed by atoms with Gasteiger partial charge in [-0.3, -0.25) is 14.9 Å². The molecular formula is C15H16ClNO3. The minimum Gasteiger partial charge on any atom is -0.468 e. The van der Waals surface area contributed by atoms with Gasteiger partial charge in [-0.2, -0.15) is 0 Å². The molecule has 1 aliphatic heterocycles. The van der Waals surface area contributed by atoms with E-state index in [4.69, 9.17) is 16.3 Å². The Morgan fingerprint density at radius 3 is 2.85 bits per heavy atom. The standard InChI is InChI=1S/C15H16ClNO3/c1-20-15(19)14-9-6-7-11(18)12(9)13(17-14)8-4-2-3-5-10(8)16/h2-5,9,12-14,17H,6-7H2,1H3/t9-,12-,13+,14+/m1/s1. The SMILES string of the molecule is COC(=O)[C@H]1N[C@@H](c2ccccc2Cl)[C@H]2C(=O)CC[C@H]21. The fourth-order valence-corrected chi connectivity index (χ4v) is 3.76. The van der Waals surface area contributed by atoms with Gasteiger partial charge in [-0.15, -0.1) is 0 Å². The van der Waals surface area contributed by atoms with Crippen LogP contribution in [0.15, 0.2) is 24.3 Å². The number of esters is 1. The van der Waals surface area contributed by atoms with Crippen molar-refractivity contribution >= 4 is 23.4 Å². The van der Waals surface area contributed by atoms with Crippen LogP contribution in [0, 0.1) is 11.8 Å². The second kappa shape index (κ2) is 5.19. The van der Waals surface area contributed by atoms with Crippen molar-refractivity contribution in [2.45, 2.75) is 24.9 Å². The number of ether oxygens (including phenoxy) is 1. The van der Waals surface area contributed by atoms with E-state index in [1.165, 1.54) is 7.11 Å². The fraction of sp³-hybridized carbons (Fsp3) is 0.467. The van der Waals surface area contributed by atoms with Crippen molar-refractivity contribution in [2.75, 3.05) is 7.11 Å². The zero-order valence-corrected chi connectivity index (χ0v) is 11.9. The van der Waals surface area contributed by atoms with Crippen LogP contribution in [-0.2, 0) is 14.3 Å². The molecular weight excluding hydrogens is 278 g/mol. The Morgan fingerprint density at radius 1 is 1.40 bits per heavy atom. The molecule has 20 heavy (non-hydrogen) atoms. The molecule has 4 atom stereocenters. The highest BCUT2D eigenvalue weighted by Crippen LogP contribution is 2.46. The summed E-state index contributed by atoms with van der Waals surface area (Å²) in [7, 11) is 1.37. The summed E-state index contributed by atoms with van der Waals surface area (Å²) in [4.78, 5) is 24.1. The molecule has 1 heterocycles. The molecule has 2 fully saturated rings. The van der Waals surface area contributed by atoms with E-state index in [-0.39, 0.29) is 29.6 Å². The molecule has 2 aliphatic rings. The average Bonchev–Trinajstić information content (AvgIpc) is 3.00. The van der Waals surface area contributed by atoms with E-state index in [2.05, 4.69) is 5.32 Å². The van der Waals surface area contributed by atoms with Crippen molar-refractivity contribution in [3.63, 3.8) is 0 Å². The summed E-state index contributed by atoms with van der Waals surface area (Å²) < 4.78 is 4.85. The molecule has 1 aliphatic carbocycles. The van der Waals surface area contributed by atoms with Crippen LogP contribution in [0.2, 0.25) is 5.02 Å². The summed E-state index contributed by atoms with van der Waals surface area (Å²) in [5.41, 5.74) is 0.880. The molecule has 1 saturated heterocycles. The molecule has 1 saturated carbocycles. The molecule has 5 heteroatoms. The highest BCUT2D eigenvalue weighted by Gasteiger charge is 2.53. The van der Waals surface area contributed by atoms with E-state index < -0.39 is 6.04 Å². The molecule has 0 spiro atoms. The number of carbonyl (C=O) groups excluding carboxylic acids is 2. The van der Waals surface area contributed by atoms with Crippen LogP contribution in [0.5, 0.6) is 0 Å². The highest BCUT2D eigenvalue weighted by molar-refractivity contribution is 6.31. The Kier molecular flexibility index (Phi) is 3.52. The highest BCUT2D eigenvalue weighted by atomic mass is 35.5. The summed E-state index contributed by atoms with van der Waals surface area (Å²) in [6.45, 7) is 0. The summed E-state index contributed by atoms with van der Waals surface area (Å²) in [5.74, 6) is -0.265. The number of rotatable bonds is 2. The molecule has 0 bridgehead atoms. The van der Waals surface area contributed by atoms with Crippen molar-refractivity contribution < 1.29 is 14.3 Å². The number of methoxy groups -OCH3 is 1. The number of hydrogen-bond acceptors (Lipinski definition) is 4. The van der Waals surface area contributed by atoms with Crippen molar-refractivity contribution in [1.29, 1.82) is 0 Å². The number of hydrogen-bond donors (Lipinski definition) is 1. The lowest BCUT2D eigenvalue weighted by molar-refractivity contribution is -0.143. The van der Waals surface area contributed by atoms with Crippen LogP contribution in [0.4, 0.5) is 0 Å². The van der Waals surface area contributed by atoms with Crippen molar-refractivity contribution in [3.05, 3.63) is 34.9 Å². The molecule has 0 aromatic heterocycles.